The van der Waals surface area contributed by atoms with Crippen LogP contribution in [0.5, 0.6) is 0 Å². The second-order valence-electron chi connectivity index (χ2n) is 16.6. The number of hydrogen-bond acceptors (Lipinski definition) is 16. The second-order valence-corrected chi connectivity index (χ2v) is 16.6. The van der Waals surface area contributed by atoms with Crippen LogP contribution in [0.25, 0.3) is 0 Å². The monoisotopic (exact) mass is 948 g/mol. The molecule has 378 valence electrons. The molecule has 0 aromatic heterocycles. The van der Waals surface area contributed by atoms with Gasteiger partial charge in [-0.15, -0.1) is 0 Å². The molecule has 10 amide bonds. The maximum atomic E-state index is 13.6. The summed E-state index contributed by atoms with van der Waals surface area (Å²) in [6, 6.07) is 0. The molecule has 5 unspecified atom stereocenters. The molecule has 0 heterocycles. The van der Waals surface area contributed by atoms with Gasteiger partial charge in [-0.1, -0.05) is 0 Å². The van der Waals surface area contributed by atoms with Gasteiger partial charge in [-0.05, 0) is 41.7 Å². The van der Waals surface area contributed by atoms with Crippen LogP contribution >= 0.6 is 0 Å². The van der Waals surface area contributed by atoms with Crippen molar-refractivity contribution in [1.29, 1.82) is 0 Å². The zero-order chi connectivity index (χ0) is 51.2. The van der Waals surface area contributed by atoms with Crippen LogP contribution in [0.3, 0.4) is 0 Å². The van der Waals surface area contributed by atoms with Crippen LogP contribution in [0.1, 0.15) is 34.6 Å². The summed E-state index contributed by atoms with van der Waals surface area (Å²) in [4.78, 5) is 139. The molecule has 26 nitrogen and oxygen atoms in total. The summed E-state index contributed by atoms with van der Waals surface area (Å²) in [5.41, 5.74) is 5.19. The van der Waals surface area contributed by atoms with Crippen molar-refractivity contribution in [2.24, 2.45) is 5.73 Å². The molecule has 0 spiro atoms. The smallest absolute Gasteiger partial charge is 0.242 e. The third-order valence-corrected chi connectivity index (χ3v) is 9.36. The van der Waals surface area contributed by atoms with Crippen LogP contribution in [0.2, 0.25) is 0 Å². The molecule has 0 bridgehead atoms. The van der Waals surface area contributed by atoms with Gasteiger partial charge in [-0.3, -0.25) is 47.9 Å². The summed E-state index contributed by atoms with van der Waals surface area (Å²) in [7, 11) is 6.57. The molecule has 0 aliphatic rings. The Hall–Kier alpha value is -5.54. The minimum atomic E-state index is -1.16. The SMILES string of the molecule is CNCC(=O)N(CC(=O)N(CC(=O)N(C)CC(=O)N(C)CC(=O)N(CC(=O)N(CC(=O)N(C)CC(=O)N(C)CC(=O)N(CC(N)=O)CC(C)O)CC(C)O)CC(C)O)CC(C)O)CC(C)O. The Kier molecular flexibility index (Phi) is 27.4. The lowest BCUT2D eigenvalue weighted by Crippen LogP contribution is -2.53. The molecule has 26 heteroatoms. The highest BCUT2D eigenvalue weighted by atomic mass is 16.3. The number of amides is 10. The Bertz CT molecular complexity index is 1660. The number of nitrogens with zero attached hydrogens (tertiary/aromatic N) is 9. The minimum absolute atomic E-state index is 0.128. The van der Waals surface area contributed by atoms with Crippen molar-refractivity contribution in [2.75, 3.05) is 133 Å². The summed E-state index contributed by atoms with van der Waals surface area (Å²) in [5, 5.41) is 52.6. The van der Waals surface area contributed by atoms with Gasteiger partial charge < -0.3 is 80.7 Å². The number of nitrogens with two attached hydrogens (primary N) is 1. The average Bonchev–Trinajstić information content (AvgIpc) is 3.18. The molecule has 0 aliphatic carbocycles. The van der Waals surface area contributed by atoms with Crippen molar-refractivity contribution in [1.82, 2.24) is 49.4 Å². The predicted octanol–water partition coefficient (Wildman–Crippen LogP) is -7.43. The molecule has 0 rings (SSSR count). The van der Waals surface area contributed by atoms with E-state index in [2.05, 4.69) is 5.32 Å². The number of hydrogen-bond donors (Lipinski definition) is 7. The number of nitrogens with one attached hydrogen (secondary N) is 1. The molecular formula is C40H73N11O15. The van der Waals surface area contributed by atoms with Gasteiger partial charge in [-0.2, -0.15) is 0 Å². The van der Waals surface area contributed by atoms with E-state index in [0.717, 1.165) is 44.1 Å². The average molecular weight is 948 g/mol. The Balaban J connectivity index is 5.81. The Morgan fingerprint density at radius 2 is 0.561 bits per heavy atom. The summed E-state index contributed by atoms with van der Waals surface area (Å²) >= 11 is 0. The fraction of sp³-hybridized carbons (Fsp3) is 0.750. The van der Waals surface area contributed by atoms with E-state index in [9.17, 15) is 73.5 Å². The zero-order valence-corrected chi connectivity index (χ0v) is 39.9. The van der Waals surface area contributed by atoms with Crippen molar-refractivity contribution >= 4 is 59.1 Å². The van der Waals surface area contributed by atoms with E-state index in [0.29, 0.717) is 0 Å². The van der Waals surface area contributed by atoms with E-state index in [1.807, 2.05) is 0 Å². The van der Waals surface area contributed by atoms with Gasteiger partial charge in [0.2, 0.25) is 59.1 Å². The lowest BCUT2D eigenvalue weighted by molar-refractivity contribution is -0.148. The van der Waals surface area contributed by atoms with E-state index in [1.54, 1.807) is 0 Å². The standard InChI is InChI=1S/C40H73N11O15/c1-26(52)12-47(17-31(41)57)37(63)20-45(9)33(59)18-43(7)36(62)23-50(15-29(4)55)40(66)25-51(16-30(5)56)38(64)21-46(10)34(60)19-44(8)35(61)22-49(14-28(3)54)39(65)24-48(13-27(2)53)32(58)11-42-6/h26-30,42,52-56H,11-25H2,1-10H3,(H2,41,57). The predicted molar refractivity (Wildman–Crippen MR) is 235 cm³/mol. The van der Waals surface area contributed by atoms with E-state index in [4.69, 9.17) is 5.73 Å². The van der Waals surface area contributed by atoms with Gasteiger partial charge in [0.05, 0.1) is 96.0 Å². The number of carbonyl (C=O) groups excluding carboxylic acids is 10. The third-order valence-electron chi connectivity index (χ3n) is 9.36. The summed E-state index contributed by atoms with van der Waals surface area (Å²) in [6.45, 7) is 0.0224. The molecule has 0 aromatic rings. The van der Waals surface area contributed by atoms with Crippen LogP contribution in [0, 0.1) is 0 Å². The Labute approximate surface area is 385 Å². The number of carbonyl (C=O) groups is 10. The van der Waals surface area contributed by atoms with Gasteiger partial charge in [0.15, 0.2) is 0 Å². The largest absolute Gasteiger partial charge is 0.392 e. The Morgan fingerprint density at radius 1 is 0.364 bits per heavy atom. The lowest BCUT2D eigenvalue weighted by Gasteiger charge is -2.31. The van der Waals surface area contributed by atoms with Crippen LogP contribution in [0.15, 0.2) is 0 Å². The van der Waals surface area contributed by atoms with Gasteiger partial charge in [0.1, 0.15) is 0 Å². The van der Waals surface area contributed by atoms with Crippen molar-refractivity contribution in [3.05, 3.63) is 0 Å². The van der Waals surface area contributed by atoms with Crippen molar-refractivity contribution < 1.29 is 73.5 Å². The molecule has 0 saturated heterocycles. The normalized spacial score (nSPS) is 13.2. The van der Waals surface area contributed by atoms with E-state index in [-0.39, 0.29) is 32.7 Å². The van der Waals surface area contributed by atoms with Gasteiger partial charge in [-0.25, -0.2) is 0 Å². The molecule has 0 saturated carbocycles. The zero-order valence-electron chi connectivity index (χ0n) is 39.9. The highest BCUT2D eigenvalue weighted by Crippen LogP contribution is 2.06. The molecular weight excluding hydrogens is 875 g/mol. The maximum absolute atomic E-state index is 13.6. The van der Waals surface area contributed by atoms with E-state index < -0.39 is 155 Å². The second kappa shape index (κ2) is 29.9. The summed E-state index contributed by atoms with van der Waals surface area (Å²) in [5.74, 6) is -7.34. The van der Waals surface area contributed by atoms with E-state index >= 15 is 0 Å². The third kappa shape index (κ3) is 24.1. The van der Waals surface area contributed by atoms with Gasteiger partial charge in [0, 0.05) is 60.9 Å². The number of rotatable bonds is 30. The first-order chi connectivity index (χ1) is 30.5. The fourth-order valence-corrected chi connectivity index (χ4v) is 6.02. The molecule has 0 fully saturated rings. The van der Waals surface area contributed by atoms with Crippen molar-refractivity contribution in [3.8, 4) is 0 Å². The Morgan fingerprint density at radius 3 is 0.803 bits per heavy atom. The molecule has 0 aromatic carbocycles. The quantitative estimate of drug-likeness (QED) is 0.0352. The molecule has 66 heavy (non-hydrogen) atoms. The molecule has 5 atom stereocenters. The molecule has 0 radical (unpaired) electrons. The highest BCUT2D eigenvalue weighted by Gasteiger charge is 2.30. The van der Waals surface area contributed by atoms with Gasteiger partial charge >= 0.3 is 0 Å². The first-order valence-corrected chi connectivity index (χ1v) is 21.2. The van der Waals surface area contributed by atoms with E-state index in [1.165, 1.54) is 69.9 Å². The first kappa shape index (κ1) is 60.5. The first-order valence-electron chi connectivity index (χ1n) is 21.2. The highest BCUT2D eigenvalue weighted by molar-refractivity contribution is 5.94. The topological polar surface area (TPSA) is 339 Å². The molecule has 0 aliphatic heterocycles. The summed E-state index contributed by atoms with van der Waals surface area (Å²) < 4.78 is 0. The van der Waals surface area contributed by atoms with Crippen LogP contribution in [-0.4, -0.2) is 293 Å². The number of aliphatic hydroxyl groups excluding tert-OH is 5. The number of primary amides is 1. The van der Waals surface area contributed by atoms with Crippen molar-refractivity contribution in [3.63, 3.8) is 0 Å². The fourth-order valence-electron chi connectivity index (χ4n) is 6.02. The van der Waals surface area contributed by atoms with Gasteiger partial charge in [0.25, 0.3) is 0 Å². The number of aliphatic hydroxyl groups is 5. The van der Waals surface area contributed by atoms with Crippen LogP contribution < -0.4 is 11.1 Å². The lowest BCUT2D eigenvalue weighted by atomic mass is 10.2. The summed E-state index contributed by atoms with van der Waals surface area (Å²) in [6.07, 6.45) is -5.36. The minimum Gasteiger partial charge on any atom is -0.392 e. The van der Waals surface area contributed by atoms with Crippen LogP contribution in [-0.2, 0) is 47.9 Å². The molecule has 8 N–H and O–H groups in total. The van der Waals surface area contributed by atoms with Crippen LogP contribution in [0.4, 0.5) is 0 Å². The van der Waals surface area contributed by atoms with Crippen molar-refractivity contribution in [2.45, 2.75) is 65.1 Å². The number of likely N-dealkylation sites (N-methyl/N-ethyl adjacent to an activating group) is 5. The maximum Gasteiger partial charge on any atom is 0.242 e.